The highest BCUT2D eigenvalue weighted by Crippen LogP contribution is 2.37. The predicted molar refractivity (Wildman–Crippen MR) is 119 cm³/mol. The van der Waals surface area contributed by atoms with Crippen LogP contribution in [0.2, 0.25) is 10.0 Å². The lowest BCUT2D eigenvalue weighted by molar-refractivity contribution is -0.145. The van der Waals surface area contributed by atoms with E-state index in [0.717, 1.165) is 5.56 Å². The first-order chi connectivity index (χ1) is 14.8. The molecule has 2 rings (SSSR count). The van der Waals surface area contributed by atoms with Gasteiger partial charge in [0.15, 0.2) is 18.1 Å². The number of anilines is 1. The molecule has 1 N–H and O–H groups in total. The van der Waals surface area contributed by atoms with Crippen LogP contribution in [0.25, 0.3) is 6.08 Å². The molecule has 0 saturated heterocycles. The second-order valence-electron chi connectivity index (χ2n) is 6.21. The minimum atomic E-state index is -0.606. The van der Waals surface area contributed by atoms with Gasteiger partial charge in [0, 0.05) is 10.7 Å². The molecule has 1 amide bonds. The molecule has 31 heavy (non-hydrogen) atoms. The van der Waals surface area contributed by atoms with Crippen LogP contribution in [0.4, 0.5) is 5.69 Å². The van der Waals surface area contributed by atoms with Crippen molar-refractivity contribution in [2.75, 3.05) is 25.6 Å². The number of ether oxygens (including phenoxy) is 3. The summed E-state index contributed by atoms with van der Waals surface area (Å²) in [6, 6.07) is 9.94. The minimum Gasteiger partial charge on any atom is -0.493 e. The summed E-state index contributed by atoms with van der Waals surface area (Å²) in [4.78, 5) is 24.1. The molecule has 0 unspecified atom stereocenters. The number of carbonyl (C=O) groups is 2. The van der Waals surface area contributed by atoms with Gasteiger partial charge in [-0.25, -0.2) is 4.79 Å². The monoisotopic (exact) mass is 462 g/mol. The average Bonchev–Trinajstić information content (AvgIpc) is 2.73. The third-order valence-electron chi connectivity index (χ3n) is 4.02. The maximum atomic E-state index is 12.6. The molecule has 0 radical (unpaired) electrons. The van der Waals surface area contributed by atoms with Crippen LogP contribution in [0.3, 0.4) is 0 Å². The highest BCUT2D eigenvalue weighted by atomic mass is 35.5. The van der Waals surface area contributed by atoms with Crippen molar-refractivity contribution in [2.45, 2.75) is 13.8 Å². The summed E-state index contributed by atoms with van der Waals surface area (Å²) in [6.07, 6.45) is 1.36. The number of nitrogens with one attached hydrogen (secondary N) is 1. The van der Waals surface area contributed by atoms with Crippen LogP contribution in [-0.2, 0) is 14.3 Å². The number of nitrogens with zero attached hydrogens (tertiary/aromatic N) is 1. The fourth-order valence-electron chi connectivity index (χ4n) is 2.53. The van der Waals surface area contributed by atoms with Crippen molar-refractivity contribution in [3.63, 3.8) is 0 Å². The van der Waals surface area contributed by atoms with E-state index >= 15 is 0 Å². The molecule has 7 nitrogen and oxygen atoms in total. The molecule has 0 fully saturated rings. The number of methoxy groups -OCH3 is 1. The number of esters is 1. The van der Waals surface area contributed by atoms with Crippen LogP contribution in [0.1, 0.15) is 18.1 Å². The maximum absolute atomic E-state index is 12.6. The third kappa shape index (κ3) is 6.64. The molecule has 0 spiro atoms. The molecule has 2 aromatic rings. The van der Waals surface area contributed by atoms with Gasteiger partial charge in [0.2, 0.25) is 0 Å². The van der Waals surface area contributed by atoms with Crippen molar-refractivity contribution in [1.29, 1.82) is 5.26 Å². The first kappa shape index (κ1) is 24.1. The fourth-order valence-corrected chi connectivity index (χ4v) is 2.98. The molecule has 0 bridgehead atoms. The van der Waals surface area contributed by atoms with Gasteiger partial charge in [-0.3, -0.25) is 4.79 Å². The standard InChI is InChI=1S/C22H20Cl2N2O5/c1-4-30-20(27)12-31-21-17(24)8-14(9-19(21)29-3)7-15(11-25)22(28)26-18-10-16(23)6-5-13(18)2/h5-10H,4,12H2,1-3H3,(H,26,28)/b15-7+. The summed E-state index contributed by atoms with van der Waals surface area (Å²) >= 11 is 12.2. The van der Waals surface area contributed by atoms with E-state index in [9.17, 15) is 14.9 Å². The minimum absolute atomic E-state index is 0.137. The summed E-state index contributed by atoms with van der Waals surface area (Å²) < 4.78 is 15.5. The zero-order valence-corrected chi connectivity index (χ0v) is 18.6. The SMILES string of the molecule is CCOC(=O)COc1c(Cl)cc(/C=C(\C#N)C(=O)Nc2cc(Cl)ccc2C)cc1OC. The molecule has 0 aliphatic rings. The molecule has 162 valence electrons. The predicted octanol–water partition coefficient (Wildman–Crippen LogP) is 4.80. The quantitative estimate of drug-likeness (QED) is 0.343. The highest BCUT2D eigenvalue weighted by Gasteiger charge is 2.16. The van der Waals surface area contributed by atoms with E-state index in [0.29, 0.717) is 16.3 Å². The Morgan fingerprint density at radius 1 is 1.23 bits per heavy atom. The number of amides is 1. The first-order valence-corrected chi connectivity index (χ1v) is 9.89. The van der Waals surface area contributed by atoms with Crippen molar-refractivity contribution in [1.82, 2.24) is 0 Å². The van der Waals surface area contributed by atoms with E-state index in [2.05, 4.69) is 5.32 Å². The Morgan fingerprint density at radius 3 is 2.61 bits per heavy atom. The van der Waals surface area contributed by atoms with Crippen molar-refractivity contribution in [3.05, 3.63) is 57.1 Å². The summed E-state index contributed by atoms with van der Waals surface area (Å²) in [5.41, 5.74) is 1.57. The Kier molecular flexibility index (Phi) is 8.74. The molecule has 2 aromatic carbocycles. The van der Waals surface area contributed by atoms with E-state index in [-0.39, 0.29) is 35.3 Å². The van der Waals surface area contributed by atoms with Crippen LogP contribution < -0.4 is 14.8 Å². The number of rotatable bonds is 8. The molecule has 0 saturated carbocycles. The second-order valence-corrected chi connectivity index (χ2v) is 7.05. The summed E-state index contributed by atoms with van der Waals surface area (Å²) in [5, 5.41) is 12.7. The maximum Gasteiger partial charge on any atom is 0.344 e. The van der Waals surface area contributed by atoms with Crippen LogP contribution in [0.15, 0.2) is 35.9 Å². The molecule has 9 heteroatoms. The summed E-state index contributed by atoms with van der Waals surface area (Å²) in [7, 11) is 1.40. The average molecular weight is 463 g/mol. The molecule has 0 aliphatic carbocycles. The molecule has 0 aromatic heterocycles. The topological polar surface area (TPSA) is 97.7 Å². The third-order valence-corrected chi connectivity index (χ3v) is 4.53. The number of carbonyl (C=O) groups excluding carboxylic acids is 2. The van der Waals surface area contributed by atoms with Gasteiger partial charge in [0.25, 0.3) is 5.91 Å². The Morgan fingerprint density at radius 2 is 1.97 bits per heavy atom. The van der Waals surface area contributed by atoms with Crippen LogP contribution in [0, 0.1) is 18.3 Å². The van der Waals surface area contributed by atoms with E-state index in [1.54, 1.807) is 32.0 Å². The smallest absolute Gasteiger partial charge is 0.344 e. The lowest BCUT2D eigenvalue weighted by atomic mass is 10.1. The van der Waals surface area contributed by atoms with Gasteiger partial charge in [-0.1, -0.05) is 29.3 Å². The van der Waals surface area contributed by atoms with Crippen molar-refractivity contribution in [3.8, 4) is 17.6 Å². The number of halogens is 2. The van der Waals surface area contributed by atoms with Crippen LogP contribution in [0.5, 0.6) is 11.5 Å². The van der Waals surface area contributed by atoms with E-state index < -0.39 is 11.9 Å². The van der Waals surface area contributed by atoms with Crippen LogP contribution >= 0.6 is 23.2 Å². The lowest BCUT2D eigenvalue weighted by Gasteiger charge is -2.13. The highest BCUT2D eigenvalue weighted by molar-refractivity contribution is 6.32. The van der Waals surface area contributed by atoms with Gasteiger partial charge < -0.3 is 19.5 Å². The van der Waals surface area contributed by atoms with Gasteiger partial charge in [0.05, 0.1) is 18.7 Å². The molecular weight excluding hydrogens is 443 g/mol. The van der Waals surface area contributed by atoms with Gasteiger partial charge >= 0.3 is 5.97 Å². The van der Waals surface area contributed by atoms with Crippen molar-refractivity contribution >= 4 is 46.8 Å². The molecule has 0 heterocycles. The Balaban J connectivity index is 2.28. The fraction of sp³-hybridized carbons (Fsp3) is 0.227. The normalized spacial score (nSPS) is 10.8. The second kappa shape index (κ2) is 11.3. The Bertz CT molecular complexity index is 1060. The van der Waals surface area contributed by atoms with Crippen molar-refractivity contribution < 1.29 is 23.8 Å². The Hall–Kier alpha value is -3.21. The van der Waals surface area contributed by atoms with Gasteiger partial charge in [0.1, 0.15) is 11.6 Å². The molecular formula is C22H20Cl2N2O5. The van der Waals surface area contributed by atoms with Gasteiger partial charge in [-0.2, -0.15) is 5.26 Å². The largest absolute Gasteiger partial charge is 0.493 e. The van der Waals surface area contributed by atoms with Gasteiger partial charge in [-0.05, 0) is 55.3 Å². The van der Waals surface area contributed by atoms with E-state index in [1.807, 2.05) is 6.07 Å². The van der Waals surface area contributed by atoms with E-state index in [4.69, 9.17) is 37.4 Å². The number of nitriles is 1. The van der Waals surface area contributed by atoms with E-state index in [1.165, 1.54) is 25.3 Å². The lowest BCUT2D eigenvalue weighted by Crippen LogP contribution is -2.15. The Labute approximate surface area is 190 Å². The van der Waals surface area contributed by atoms with Crippen LogP contribution in [-0.4, -0.2) is 32.2 Å². The number of hydrogen-bond acceptors (Lipinski definition) is 6. The molecule has 0 aliphatic heterocycles. The number of benzene rings is 2. The summed E-state index contributed by atoms with van der Waals surface area (Å²) in [5.74, 6) is -0.784. The first-order valence-electron chi connectivity index (χ1n) is 9.14. The van der Waals surface area contributed by atoms with Gasteiger partial charge in [-0.15, -0.1) is 0 Å². The van der Waals surface area contributed by atoms with Crippen molar-refractivity contribution in [2.24, 2.45) is 0 Å². The number of hydrogen-bond donors (Lipinski definition) is 1. The zero-order valence-electron chi connectivity index (χ0n) is 17.1. The summed E-state index contributed by atoms with van der Waals surface area (Å²) in [6.45, 7) is 3.37. The zero-order chi connectivity index (χ0) is 23.0. The number of aryl methyl sites for hydroxylation is 1. The molecule has 0 atom stereocenters.